The number of alkyl halides is 3. The van der Waals surface area contributed by atoms with Gasteiger partial charge in [0.2, 0.25) is 0 Å². The van der Waals surface area contributed by atoms with Crippen molar-refractivity contribution in [3.8, 4) is 0 Å². The van der Waals surface area contributed by atoms with Crippen LogP contribution in [-0.2, 0) is 6.18 Å². The number of hydrogen-bond donors (Lipinski definition) is 1. The molecule has 1 N–H and O–H groups in total. The first-order valence-electron chi connectivity index (χ1n) is 7.03. The lowest BCUT2D eigenvalue weighted by Crippen LogP contribution is -2.09. The smallest absolute Gasteiger partial charge is 0.349 e. The van der Waals surface area contributed by atoms with Gasteiger partial charge in [0.15, 0.2) is 0 Å². The molecule has 0 atom stereocenters. The average molecular weight is 430 g/mol. The van der Waals surface area contributed by atoms with Gasteiger partial charge in [-0.25, -0.2) is 9.37 Å². The van der Waals surface area contributed by atoms with Crippen molar-refractivity contribution in [2.45, 2.75) is 6.18 Å². The fraction of sp³-hybridized carbons (Fsp3) is 0.0625. The summed E-state index contributed by atoms with van der Waals surface area (Å²) in [4.78, 5) is 14.6. The molecular formula is C16H8BrF4N3O2. The number of aromatic nitrogens is 1. The van der Waals surface area contributed by atoms with E-state index in [1.165, 1.54) is 0 Å². The maximum Gasteiger partial charge on any atom is 0.419 e. The second-order valence-corrected chi connectivity index (χ2v) is 6.17. The van der Waals surface area contributed by atoms with E-state index in [0.29, 0.717) is 27.5 Å². The number of nitrogens with one attached hydrogen (secondary N) is 1. The summed E-state index contributed by atoms with van der Waals surface area (Å²) in [7, 11) is 0. The van der Waals surface area contributed by atoms with Gasteiger partial charge in [-0.2, -0.15) is 13.2 Å². The van der Waals surface area contributed by atoms with Crippen LogP contribution in [0.15, 0.2) is 47.1 Å². The predicted octanol–water partition coefficient (Wildman–Crippen LogP) is 5.81. The van der Waals surface area contributed by atoms with Gasteiger partial charge in [-0.1, -0.05) is 15.9 Å². The Bertz CT molecular complexity index is 1020. The molecule has 0 radical (unpaired) electrons. The van der Waals surface area contributed by atoms with Crippen molar-refractivity contribution in [1.29, 1.82) is 0 Å². The molecule has 0 aliphatic rings. The third-order valence-corrected chi connectivity index (χ3v) is 4.04. The molecule has 2 aromatic carbocycles. The summed E-state index contributed by atoms with van der Waals surface area (Å²) < 4.78 is 52.7. The van der Waals surface area contributed by atoms with E-state index in [4.69, 9.17) is 0 Å². The quantitative estimate of drug-likeness (QED) is 0.324. The van der Waals surface area contributed by atoms with Crippen LogP contribution in [0.3, 0.4) is 0 Å². The minimum absolute atomic E-state index is 0.0407. The molecule has 0 fully saturated rings. The molecule has 134 valence electrons. The van der Waals surface area contributed by atoms with Crippen molar-refractivity contribution in [3.05, 3.63) is 68.6 Å². The summed E-state index contributed by atoms with van der Waals surface area (Å²) in [5, 5.41) is 14.2. The van der Waals surface area contributed by atoms with Crippen LogP contribution >= 0.6 is 15.9 Å². The van der Waals surface area contributed by atoms with Crippen LogP contribution in [-0.4, -0.2) is 9.91 Å². The number of hydrogen-bond acceptors (Lipinski definition) is 4. The van der Waals surface area contributed by atoms with Gasteiger partial charge in [-0.15, -0.1) is 0 Å². The van der Waals surface area contributed by atoms with Crippen LogP contribution in [0.1, 0.15) is 5.56 Å². The molecule has 26 heavy (non-hydrogen) atoms. The molecule has 1 aromatic heterocycles. The van der Waals surface area contributed by atoms with Gasteiger partial charge >= 0.3 is 11.9 Å². The maximum atomic E-state index is 13.4. The van der Waals surface area contributed by atoms with Gasteiger partial charge in [0.05, 0.1) is 16.0 Å². The fourth-order valence-corrected chi connectivity index (χ4v) is 2.75. The SMILES string of the molecule is O=[N+]([O-])c1cnc2ccc(Br)cc2c1Nc1ccc(F)c(C(F)(F)F)c1. The molecule has 3 aromatic rings. The van der Waals surface area contributed by atoms with E-state index in [9.17, 15) is 27.7 Å². The zero-order valence-corrected chi connectivity index (χ0v) is 14.2. The van der Waals surface area contributed by atoms with E-state index in [-0.39, 0.29) is 11.4 Å². The normalized spacial score (nSPS) is 11.6. The van der Waals surface area contributed by atoms with E-state index in [1.807, 2.05) is 0 Å². The molecule has 10 heteroatoms. The van der Waals surface area contributed by atoms with Crippen LogP contribution < -0.4 is 5.32 Å². The monoisotopic (exact) mass is 429 g/mol. The Labute approximate surface area is 151 Å². The molecule has 0 saturated heterocycles. The number of anilines is 2. The second-order valence-electron chi connectivity index (χ2n) is 5.25. The van der Waals surface area contributed by atoms with Crippen LogP contribution in [0.2, 0.25) is 0 Å². The van der Waals surface area contributed by atoms with E-state index < -0.39 is 28.2 Å². The Morgan fingerprint density at radius 1 is 1.15 bits per heavy atom. The first-order chi connectivity index (χ1) is 12.2. The van der Waals surface area contributed by atoms with Crippen molar-refractivity contribution >= 4 is 43.9 Å². The Morgan fingerprint density at radius 3 is 2.54 bits per heavy atom. The van der Waals surface area contributed by atoms with E-state index >= 15 is 0 Å². The predicted molar refractivity (Wildman–Crippen MR) is 90.8 cm³/mol. The highest BCUT2D eigenvalue weighted by molar-refractivity contribution is 9.10. The third kappa shape index (κ3) is 3.45. The second kappa shape index (κ2) is 6.52. The standard InChI is InChI=1S/C16H8BrF4N3O2/c17-8-1-4-13-10(5-8)15(14(7-22-13)24(25)26)23-9-2-3-12(18)11(6-9)16(19,20)21/h1-7H,(H,22,23). The number of benzene rings is 2. The number of rotatable bonds is 3. The lowest BCUT2D eigenvalue weighted by Gasteiger charge is -2.13. The first-order valence-corrected chi connectivity index (χ1v) is 7.82. The Hall–Kier alpha value is -2.75. The summed E-state index contributed by atoms with van der Waals surface area (Å²) in [6.45, 7) is 0. The van der Waals surface area contributed by atoms with E-state index in [1.54, 1.807) is 18.2 Å². The number of nitro groups is 1. The zero-order valence-electron chi connectivity index (χ0n) is 12.6. The van der Waals surface area contributed by atoms with Crippen molar-refractivity contribution in [2.75, 3.05) is 5.32 Å². The molecule has 0 amide bonds. The number of nitrogens with zero attached hydrogens (tertiary/aromatic N) is 2. The highest BCUT2D eigenvalue weighted by Crippen LogP contribution is 2.37. The van der Waals surface area contributed by atoms with Crippen molar-refractivity contribution < 1.29 is 22.5 Å². The molecule has 3 rings (SSSR count). The minimum atomic E-state index is -4.89. The number of halogens is 5. The molecule has 1 heterocycles. The molecular weight excluding hydrogens is 422 g/mol. The first kappa shape index (κ1) is 18.1. The Morgan fingerprint density at radius 2 is 1.88 bits per heavy atom. The van der Waals surface area contributed by atoms with Gasteiger partial charge in [-0.05, 0) is 36.4 Å². The summed E-state index contributed by atoms with van der Waals surface area (Å²) in [5.74, 6) is -1.43. The van der Waals surface area contributed by atoms with Crippen molar-refractivity contribution in [1.82, 2.24) is 4.98 Å². The minimum Gasteiger partial charge on any atom is -0.349 e. The molecule has 0 saturated carbocycles. The van der Waals surface area contributed by atoms with Crippen LogP contribution in [0, 0.1) is 15.9 Å². The fourth-order valence-electron chi connectivity index (χ4n) is 2.39. The lowest BCUT2D eigenvalue weighted by atomic mass is 10.1. The van der Waals surface area contributed by atoms with Crippen molar-refractivity contribution in [3.63, 3.8) is 0 Å². The largest absolute Gasteiger partial charge is 0.419 e. The highest BCUT2D eigenvalue weighted by Gasteiger charge is 2.34. The van der Waals surface area contributed by atoms with Gasteiger partial charge in [0.1, 0.15) is 17.7 Å². The topological polar surface area (TPSA) is 68.1 Å². The molecule has 0 bridgehead atoms. The number of fused-ring (bicyclic) bond motifs is 1. The van der Waals surface area contributed by atoms with Crippen LogP contribution in [0.4, 0.5) is 34.6 Å². The lowest BCUT2D eigenvalue weighted by molar-refractivity contribution is -0.384. The number of pyridine rings is 1. The van der Waals surface area contributed by atoms with Crippen molar-refractivity contribution in [2.24, 2.45) is 0 Å². The Kier molecular flexibility index (Phi) is 4.53. The van der Waals surface area contributed by atoms with Gasteiger partial charge in [0, 0.05) is 15.5 Å². The van der Waals surface area contributed by atoms with Crippen LogP contribution in [0.5, 0.6) is 0 Å². The van der Waals surface area contributed by atoms with Crippen LogP contribution in [0.25, 0.3) is 10.9 Å². The van der Waals surface area contributed by atoms with Gasteiger partial charge in [-0.3, -0.25) is 10.1 Å². The van der Waals surface area contributed by atoms with Gasteiger partial charge < -0.3 is 5.32 Å². The molecule has 5 nitrogen and oxygen atoms in total. The third-order valence-electron chi connectivity index (χ3n) is 3.55. The van der Waals surface area contributed by atoms with Gasteiger partial charge in [0.25, 0.3) is 0 Å². The Balaban J connectivity index is 2.18. The molecule has 0 spiro atoms. The summed E-state index contributed by atoms with van der Waals surface area (Å²) in [5.41, 5.74) is -1.67. The van der Waals surface area contributed by atoms with E-state index in [0.717, 1.165) is 12.3 Å². The molecule has 0 aliphatic carbocycles. The average Bonchev–Trinajstić information content (AvgIpc) is 2.55. The summed E-state index contributed by atoms with van der Waals surface area (Å²) >= 11 is 3.24. The molecule has 0 aliphatic heterocycles. The highest BCUT2D eigenvalue weighted by atomic mass is 79.9. The summed E-state index contributed by atoms with van der Waals surface area (Å²) in [6, 6.07) is 7.09. The summed E-state index contributed by atoms with van der Waals surface area (Å²) in [6.07, 6.45) is -3.89. The zero-order chi connectivity index (χ0) is 19.1. The van der Waals surface area contributed by atoms with E-state index in [2.05, 4.69) is 26.2 Å². The molecule has 0 unspecified atom stereocenters. The maximum absolute atomic E-state index is 13.4.